The molecule has 1 aromatic carbocycles. The number of hydrogen-bond donors (Lipinski definition) is 2. The second-order valence-corrected chi connectivity index (χ2v) is 5.81. The normalized spacial score (nSPS) is 13.7. The van der Waals surface area contributed by atoms with Gasteiger partial charge in [-0.25, -0.2) is 4.98 Å². The van der Waals surface area contributed by atoms with Crippen molar-refractivity contribution in [1.29, 1.82) is 0 Å². The van der Waals surface area contributed by atoms with Crippen LogP contribution in [0.3, 0.4) is 0 Å². The molecule has 1 aliphatic heterocycles. The van der Waals surface area contributed by atoms with Crippen molar-refractivity contribution in [2.75, 3.05) is 19.9 Å². The van der Waals surface area contributed by atoms with Gasteiger partial charge in [-0.15, -0.1) is 11.3 Å². The van der Waals surface area contributed by atoms with E-state index >= 15 is 0 Å². The standard InChI is InChI=1S/C15H16N2O5S/c1-9-14(23-7-17-9)15(19)16-5-10(18)6-20-11-2-3-12-13(4-11)22-8-21-12/h2-4,7,10,18H,5-6,8H2,1H3,(H,16,19)/t10-/m0/s1. The number of amides is 1. The maximum Gasteiger partial charge on any atom is 0.263 e. The zero-order valence-electron chi connectivity index (χ0n) is 12.4. The fourth-order valence-corrected chi connectivity index (χ4v) is 2.75. The molecule has 1 atom stereocenters. The quantitative estimate of drug-likeness (QED) is 0.828. The van der Waals surface area contributed by atoms with Crippen LogP contribution in [-0.2, 0) is 0 Å². The summed E-state index contributed by atoms with van der Waals surface area (Å²) in [7, 11) is 0. The van der Waals surface area contributed by atoms with Gasteiger partial charge in [0, 0.05) is 12.6 Å². The number of aryl methyl sites for hydroxylation is 1. The SMILES string of the molecule is Cc1ncsc1C(=O)NC[C@H](O)COc1ccc2c(c1)OCO2. The van der Waals surface area contributed by atoms with E-state index < -0.39 is 6.10 Å². The van der Waals surface area contributed by atoms with Crippen LogP contribution < -0.4 is 19.5 Å². The first-order valence-corrected chi connectivity index (χ1v) is 7.90. The van der Waals surface area contributed by atoms with E-state index in [0.29, 0.717) is 27.8 Å². The number of aliphatic hydroxyl groups excluding tert-OH is 1. The van der Waals surface area contributed by atoms with Crippen LogP contribution in [0.5, 0.6) is 17.2 Å². The predicted molar refractivity (Wildman–Crippen MR) is 83.3 cm³/mol. The first-order valence-electron chi connectivity index (χ1n) is 7.02. The summed E-state index contributed by atoms with van der Waals surface area (Å²) in [5.74, 6) is 1.61. The molecule has 0 saturated heterocycles. The number of rotatable bonds is 6. The fourth-order valence-electron chi connectivity index (χ4n) is 2.03. The number of thiazole rings is 1. The lowest BCUT2D eigenvalue weighted by Gasteiger charge is -2.13. The molecule has 0 radical (unpaired) electrons. The lowest BCUT2D eigenvalue weighted by molar-refractivity contribution is 0.0846. The van der Waals surface area contributed by atoms with Gasteiger partial charge in [0.1, 0.15) is 23.3 Å². The van der Waals surface area contributed by atoms with Crippen LogP contribution in [0.25, 0.3) is 0 Å². The highest BCUT2D eigenvalue weighted by atomic mass is 32.1. The monoisotopic (exact) mass is 336 g/mol. The van der Waals surface area contributed by atoms with Crippen molar-refractivity contribution >= 4 is 17.2 Å². The van der Waals surface area contributed by atoms with E-state index in [0.717, 1.165) is 0 Å². The first kappa shape index (κ1) is 15.6. The van der Waals surface area contributed by atoms with E-state index in [1.165, 1.54) is 11.3 Å². The van der Waals surface area contributed by atoms with Gasteiger partial charge in [0.05, 0.1) is 11.2 Å². The molecule has 1 aromatic heterocycles. The third-order valence-corrected chi connectivity index (χ3v) is 4.16. The van der Waals surface area contributed by atoms with Crippen molar-refractivity contribution in [3.63, 3.8) is 0 Å². The van der Waals surface area contributed by atoms with Crippen molar-refractivity contribution in [2.45, 2.75) is 13.0 Å². The number of nitrogens with zero attached hydrogens (tertiary/aromatic N) is 1. The van der Waals surface area contributed by atoms with Gasteiger partial charge in [0.2, 0.25) is 6.79 Å². The van der Waals surface area contributed by atoms with Crippen molar-refractivity contribution < 1.29 is 24.1 Å². The lowest BCUT2D eigenvalue weighted by atomic mass is 10.3. The molecule has 2 N–H and O–H groups in total. The van der Waals surface area contributed by atoms with Gasteiger partial charge in [0.25, 0.3) is 5.91 Å². The average molecular weight is 336 g/mol. The van der Waals surface area contributed by atoms with Crippen molar-refractivity contribution in [1.82, 2.24) is 10.3 Å². The minimum Gasteiger partial charge on any atom is -0.491 e. The van der Waals surface area contributed by atoms with Gasteiger partial charge in [-0.1, -0.05) is 0 Å². The third kappa shape index (κ3) is 3.72. The first-order chi connectivity index (χ1) is 11.1. The number of carbonyl (C=O) groups excluding carboxylic acids is 1. The Morgan fingerprint density at radius 2 is 2.30 bits per heavy atom. The van der Waals surface area contributed by atoms with Crippen LogP contribution in [0.15, 0.2) is 23.7 Å². The van der Waals surface area contributed by atoms with Crippen LogP contribution >= 0.6 is 11.3 Å². The molecular formula is C15H16N2O5S. The molecule has 0 unspecified atom stereocenters. The Hall–Kier alpha value is -2.32. The highest BCUT2D eigenvalue weighted by molar-refractivity contribution is 7.11. The molecule has 7 nitrogen and oxygen atoms in total. The highest BCUT2D eigenvalue weighted by Crippen LogP contribution is 2.35. The van der Waals surface area contributed by atoms with E-state index in [2.05, 4.69) is 10.3 Å². The molecule has 0 bridgehead atoms. The number of aromatic nitrogens is 1. The van der Waals surface area contributed by atoms with Crippen LogP contribution in [0.2, 0.25) is 0 Å². The van der Waals surface area contributed by atoms with Gasteiger partial charge in [0.15, 0.2) is 11.5 Å². The Labute approximate surface area is 136 Å². The van der Waals surface area contributed by atoms with Crippen LogP contribution in [-0.4, -0.2) is 42.0 Å². The summed E-state index contributed by atoms with van der Waals surface area (Å²) < 4.78 is 16.0. The molecular weight excluding hydrogens is 320 g/mol. The molecule has 2 heterocycles. The lowest BCUT2D eigenvalue weighted by Crippen LogP contribution is -2.35. The molecule has 0 spiro atoms. The summed E-state index contributed by atoms with van der Waals surface area (Å²) in [4.78, 5) is 16.5. The molecule has 0 aliphatic carbocycles. The summed E-state index contributed by atoms with van der Waals surface area (Å²) in [5, 5.41) is 12.6. The topological polar surface area (TPSA) is 89.9 Å². The number of aliphatic hydroxyl groups is 1. The maximum atomic E-state index is 11.9. The maximum absolute atomic E-state index is 11.9. The third-order valence-electron chi connectivity index (χ3n) is 3.24. The number of benzene rings is 1. The molecule has 0 saturated carbocycles. The molecule has 23 heavy (non-hydrogen) atoms. The number of carbonyl (C=O) groups is 1. The van der Waals surface area contributed by atoms with Crippen LogP contribution in [0, 0.1) is 6.92 Å². The van der Waals surface area contributed by atoms with Gasteiger partial charge < -0.3 is 24.6 Å². The van der Waals surface area contributed by atoms with Crippen molar-refractivity contribution in [2.24, 2.45) is 0 Å². The summed E-state index contributed by atoms with van der Waals surface area (Å²) in [5.41, 5.74) is 2.29. The second kappa shape index (κ2) is 6.84. The minimum absolute atomic E-state index is 0.0571. The van der Waals surface area contributed by atoms with Gasteiger partial charge in [-0.05, 0) is 19.1 Å². The fraction of sp³-hybridized carbons (Fsp3) is 0.333. The Bertz CT molecular complexity index is 703. The van der Waals surface area contributed by atoms with Gasteiger partial charge in [-0.3, -0.25) is 4.79 Å². The second-order valence-electron chi connectivity index (χ2n) is 4.96. The molecule has 1 aliphatic rings. The molecule has 122 valence electrons. The number of ether oxygens (including phenoxy) is 3. The highest BCUT2D eigenvalue weighted by Gasteiger charge is 2.16. The Balaban J connectivity index is 1.45. The predicted octanol–water partition coefficient (Wildman–Crippen LogP) is 1.35. The molecule has 0 fully saturated rings. The van der Waals surface area contributed by atoms with E-state index in [1.807, 2.05) is 0 Å². The number of fused-ring (bicyclic) bond motifs is 1. The van der Waals surface area contributed by atoms with Gasteiger partial charge in [-0.2, -0.15) is 0 Å². The smallest absolute Gasteiger partial charge is 0.263 e. The molecule has 3 rings (SSSR count). The Morgan fingerprint density at radius 3 is 3.09 bits per heavy atom. The number of nitrogens with one attached hydrogen (secondary N) is 1. The van der Waals surface area contributed by atoms with Crippen molar-refractivity contribution in [3.05, 3.63) is 34.3 Å². The average Bonchev–Trinajstić information content (AvgIpc) is 3.18. The summed E-state index contributed by atoms with van der Waals surface area (Å²) in [6, 6.07) is 5.19. The van der Waals surface area contributed by atoms with E-state index in [-0.39, 0.29) is 25.9 Å². The number of hydrogen-bond acceptors (Lipinski definition) is 7. The van der Waals surface area contributed by atoms with Gasteiger partial charge >= 0.3 is 0 Å². The van der Waals surface area contributed by atoms with E-state index in [9.17, 15) is 9.90 Å². The summed E-state index contributed by atoms with van der Waals surface area (Å²) in [6.07, 6.45) is -0.822. The zero-order chi connectivity index (χ0) is 16.2. The Morgan fingerprint density at radius 1 is 1.48 bits per heavy atom. The van der Waals surface area contributed by atoms with Crippen LogP contribution in [0.1, 0.15) is 15.4 Å². The van der Waals surface area contributed by atoms with Crippen LogP contribution in [0.4, 0.5) is 0 Å². The molecule has 2 aromatic rings. The zero-order valence-corrected chi connectivity index (χ0v) is 13.3. The molecule has 8 heteroatoms. The largest absolute Gasteiger partial charge is 0.491 e. The van der Waals surface area contributed by atoms with E-state index in [4.69, 9.17) is 14.2 Å². The van der Waals surface area contributed by atoms with E-state index in [1.54, 1.807) is 30.6 Å². The van der Waals surface area contributed by atoms with Crippen molar-refractivity contribution in [3.8, 4) is 17.2 Å². The summed E-state index contributed by atoms with van der Waals surface area (Å²) in [6.45, 7) is 2.12. The Kier molecular flexibility index (Phi) is 4.63. The summed E-state index contributed by atoms with van der Waals surface area (Å²) >= 11 is 1.27. The minimum atomic E-state index is -0.822. The molecule has 1 amide bonds.